The molecule has 1 heterocycles. The molecule has 1 aromatic carbocycles. The van der Waals surface area contributed by atoms with Gasteiger partial charge in [0.2, 0.25) is 0 Å². The number of piperidine rings is 1. The summed E-state index contributed by atoms with van der Waals surface area (Å²) in [5, 5.41) is 8.69. The summed E-state index contributed by atoms with van der Waals surface area (Å²) in [4.78, 5) is 14.0. The first-order valence-corrected chi connectivity index (χ1v) is 9.34. The highest BCUT2D eigenvalue weighted by Crippen LogP contribution is 2.54. The van der Waals surface area contributed by atoms with Gasteiger partial charge in [-0.05, 0) is 51.5 Å². The van der Waals surface area contributed by atoms with Crippen LogP contribution in [0.3, 0.4) is 0 Å². The molecule has 1 aliphatic carbocycles. The molecule has 2 aliphatic rings. The number of rotatable bonds is 2. The van der Waals surface area contributed by atoms with Crippen LogP contribution in [0.5, 0.6) is 0 Å². The van der Waals surface area contributed by atoms with Crippen LogP contribution in [-0.4, -0.2) is 35.4 Å². The monoisotopic (exact) mass is 342 g/mol. The third-order valence-electron chi connectivity index (χ3n) is 5.85. The van der Waals surface area contributed by atoms with E-state index in [1.165, 1.54) is 5.56 Å². The van der Waals surface area contributed by atoms with E-state index in [4.69, 9.17) is 10.1 Å². The maximum atomic E-state index is 12.2. The highest BCUT2D eigenvalue weighted by molar-refractivity contribution is 5.96. The summed E-state index contributed by atoms with van der Waals surface area (Å²) >= 11 is 0. The number of benzene rings is 1. The average molecular weight is 342 g/mol. The van der Waals surface area contributed by atoms with Crippen LogP contribution in [0.15, 0.2) is 30.3 Å². The van der Waals surface area contributed by atoms with Crippen LogP contribution in [-0.2, 0) is 4.74 Å². The molecule has 1 saturated carbocycles. The SMILES string of the molecule is C[C@H](c1ccccc1)C1CC2(CCN(C(=O)OC(C)(C)C)CC2)C1=N. The fraction of sp³-hybridized carbons (Fsp3) is 0.619. The van der Waals surface area contributed by atoms with Crippen LogP contribution in [0.2, 0.25) is 0 Å². The molecule has 3 rings (SSSR count). The highest BCUT2D eigenvalue weighted by atomic mass is 16.6. The molecule has 4 heteroatoms. The van der Waals surface area contributed by atoms with Crippen molar-refractivity contribution in [2.45, 2.75) is 58.5 Å². The zero-order chi connectivity index (χ0) is 18.2. The second kappa shape index (κ2) is 6.47. The number of ether oxygens (including phenoxy) is 1. The Hall–Kier alpha value is -1.84. The molecule has 2 fully saturated rings. The van der Waals surface area contributed by atoms with Gasteiger partial charge in [0.25, 0.3) is 0 Å². The van der Waals surface area contributed by atoms with E-state index in [2.05, 4.69) is 31.2 Å². The molecular formula is C21H30N2O2. The number of carbonyl (C=O) groups is 1. The van der Waals surface area contributed by atoms with Gasteiger partial charge >= 0.3 is 6.09 Å². The van der Waals surface area contributed by atoms with Crippen LogP contribution >= 0.6 is 0 Å². The second-order valence-corrected chi connectivity index (χ2v) is 8.67. The molecule has 0 radical (unpaired) electrons. The number of hydrogen-bond donors (Lipinski definition) is 1. The molecule has 1 unspecified atom stereocenters. The van der Waals surface area contributed by atoms with Crippen molar-refractivity contribution in [3.8, 4) is 0 Å². The van der Waals surface area contributed by atoms with Crippen LogP contribution in [0.1, 0.15) is 58.4 Å². The number of likely N-dealkylation sites (tertiary alicyclic amines) is 1. The predicted octanol–water partition coefficient (Wildman–Crippen LogP) is 4.85. The van der Waals surface area contributed by atoms with Crippen LogP contribution < -0.4 is 0 Å². The van der Waals surface area contributed by atoms with Crippen LogP contribution in [0.25, 0.3) is 0 Å². The first kappa shape index (κ1) is 18.0. The van der Waals surface area contributed by atoms with Crippen molar-refractivity contribution in [3.05, 3.63) is 35.9 Å². The smallest absolute Gasteiger partial charge is 0.410 e. The molecule has 0 aromatic heterocycles. The van der Waals surface area contributed by atoms with Gasteiger partial charge in [-0.25, -0.2) is 4.79 Å². The van der Waals surface area contributed by atoms with Gasteiger partial charge in [-0.3, -0.25) is 0 Å². The minimum absolute atomic E-state index is 0.0201. The average Bonchev–Trinajstić information content (AvgIpc) is 2.58. The van der Waals surface area contributed by atoms with Crippen molar-refractivity contribution < 1.29 is 9.53 Å². The number of nitrogens with zero attached hydrogens (tertiary/aromatic N) is 1. The van der Waals surface area contributed by atoms with Crippen molar-refractivity contribution in [1.82, 2.24) is 4.90 Å². The van der Waals surface area contributed by atoms with Crippen molar-refractivity contribution >= 4 is 11.8 Å². The Morgan fingerprint density at radius 2 is 1.84 bits per heavy atom. The van der Waals surface area contributed by atoms with Crippen LogP contribution in [0.4, 0.5) is 4.79 Å². The van der Waals surface area contributed by atoms with E-state index in [1.54, 1.807) is 4.90 Å². The van der Waals surface area contributed by atoms with Crippen LogP contribution in [0, 0.1) is 16.7 Å². The summed E-state index contributed by atoms with van der Waals surface area (Å²) in [5.74, 6) is 0.735. The Labute approximate surface area is 151 Å². The van der Waals surface area contributed by atoms with Gasteiger partial charge < -0.3 is 15.0 Å². The lowest BCUT2D eigenvalue weighted by atomic mass is 9.52. The zero-order valence-corrected chi connectivity index (χ0v) is 15.8. The fourth-order valence-electron chi connectivity index (χ4n) is 4.23. The van der Waals surface area contributed by atoms with Gasteiger partial charge in [0.05, 0.1) is 0 Å². The second-order valence-electron chi connectivity index (χ2n) is 8.67. The number of amides is 1. The third-order valence-corrected chi connectivity index (χ3v) is 5.85. The summed E-state index contributed by atoms with van der Waals surface area (Å²) in [6.07, 6.45) is 2.64. The number of nitrogens with one attached hydrogen (secondary N) is 1. The van der Waals surface area contributed by atoms with E-state index in [0.717, 1.165) is 25.0 Å². The molecule has 4 nitrogen and oxygen atoms in total. The fourth-order valence-corrected chi connectivity index (χ4v) is 4.23. The van der Waals surface area contributed by atoms with Gasteiger partial charge in [0, 0.05) is 30.1 Å². The summed E-state index contributed by atoms with van der Waals surface area (Å²) < 4.78 is 5.47. The lowest BCUT2D eigenvalue weighted by Gasteiger charge is -2.54. The van der Waals surface area contributed by atoms with E-state index in [0.29, 0.717) is 24.9 Å². The molecule has 1 amide bonds. The Balaban J connectivity index is 1.57. The molecule has 1 aliphatic heterocycles. The molecule has 25 heavy (non-hydrogen) atoms. The Morgan fingerprint density at radius 1 is 1.24 bits per heavy atom. The summed E-state index contributed by atoms with van der Waals surface area (Å²) in [5.41, 5.74) is 1.78. The standard InChI is InChI=1S/C21H30N2O2/c1-15(16-8-6-5-7-9-16)17-14-21(18(17)22)10-12-23(13-11-21)19(24)25-20(2,3)4/h5-9,15,17,22H,10-14H2,1-4H3/t15-,17?/m1/s1. The molecular weight excluding hydrogens is 312 g/mol. The summed E-state index contributed by atoms with van der Waals surface area (Å²) in [6.45, 7) is 9.32. The lowest BCUT2D eigenvalue weighted by Crippen LogP contribution is -2.56. The highest BCUT2D eigenvalue weighted by Gasteiger charge is 2.53. The molecule has 0 bridgehead atoms. The van der Waals surface area contributed by atoms with Gasteiger partial charge in [0.15, 0.2) is 0 Å². The Bertz CT molecular complexity index is 640. The lowest BCUT2D eigenvalue weighted by molar-refractivity contribution is 0.0105. The maximum absolute atomic E-state index is 12.2. The topological polar surface area (TPSA) is 53.4 Å². The van der Waals surface area contributed by atoms with Crippen molar-refractivity contribution in [1.29, 1.82) is 5.41 Å². The minimum atomic E-state index is -0.453. The normalized spacial score (nSPS) is 23.9. The molecule has 1 N–H and O–H groups in total. The molecule has 1 saturated heterocycles. The van der Waals surface area contributed by atoms with E-state index < -0.39 is 5.60 Å². The van der Waals surface area contributed by atoms with Gasteiger partial charge in [0.1, 0.15) is 5.60 Å². The first-order chi connectivity index (χ1) is 11.7. The number of hydrogen-bond acceptors (Lipinski definition) is 3. The zero-order valence-electron chi connectivity index (χ0n) is 15.8. The number of carbonyl (C=O) groups excluding carboxylic acids is 1. The molecule has 2 atom stereocenters. The van der Waals surface area contributed by atoms with Crippen molar-refractivity contribution in [2.75, 3.05) is 13.1 Å². The molecule has 136 valence electrons. The van der Waals surface area contributed by atoms with E-state index in [-0.39, 0.29) is 11.5 Å². The molecule has 1 aromatic rings. The summed E-state index contributed by atoms with van der Waals surface area (Å²) in [7, 11) is 0. The third kappa shape index (κ3) is 3.58. The van der Waals surface area contributed by atoms with Gasteiger partial charge in [-0.1, -0.05) is 37.3 Å². The minimum Gasteiger partial charge on any atom is -0.444 e. The van der Waals surface area contributed by atoms with Crippen molar-refractivity contribution in [3.63, 3.8) is 0 Å². The summed E-state index contributed by atoms with van der Waals surface area (Å²) in [6, 6.07) is 10.5. The largest absolute Gasteiger partial charge is 0.444 e. The van der Waals surface area contributed by atoms with E-state index >= 15 is 0 Å². The molecule has 1 spiro atoms. The van der Waals surface area contributed by atoms with E-state index in [1.807, 2.05) is 26.8 Å². The van der Waals surface area contributed by atoms with Crippen molar-refractivity contribution in [2.24, 2.45) is 11.3 Å². The van der Waals surface area contributed by atoms with Gasteiger partial charge in [-0.2, -0.15) is 0 Å². The Kier molecular flexibility index (Phi) is 4.65. The maximum Gasteiger partial charge on any atom is 0.410 e. The quantitative estimate of drug-likeness (QED) is 0.835. The van der Waals surface area contributed by atoms with Gasteiger partial charge in [-0.15, -0.1) is 0 Å². The van der Waals surface area contributed by atoms with E-state index in [9.17, 15) is 4.79 Å². The predicted molar refractivity (Wildman–Crippen MR) is 100 cm³/mol. The first-order valence-electron chi connectivity index (χ1n) is 9.34. The Morgan fingerprint density at radius 3 is 2.36 bits per heavy atom.